The van der Waals surface area contributed by atoms with Crippen LogP contribution in [0.15, 0.2) is 0 Å². The number of ether oxygens (including phenoxy) is 1. The second-order valence-corrected chi connectivity index (χ2v) is 6.70. The van der Waals surface area contributed by atoms with Crippen LogP contribution in [0.5, 0.6) is 0 Å². The molecule has 4 nitrogen and oxygen atoms in total. The zero-order valence-corrected chi connectivity index (χ0v) is 12.9. The zero-order valence-electron chi connectivity index (χ0n) is 12.9. The van der Waals surface area contributed by atoms with Crippen molar-refractivity contribution in [3.8, 4) is 0 Å². The van der Waals surface area contributed by atoms with Crippen LogP contribution >= 0.6 is 0 Å². The zero-order chi connectivity index (χ0) is 16.3. The Morgan fingerprint density at radius 2 is 1.67 bits per heavy atom. The minimum atomic E-state index is -4.55. The van der Waals surface area contributed by atoms with Gasteiger partial charge in [0.25, 0.3) is 0 Å². The van der Waals surface area contributed by atoms with Crippen LogP contribution in [0.3, 0.4) is 0 Å². The largest absolute Gasteiger partial charge is 0.414 e. The van der Waals surface area contributed by atoms with Crippen LogP contribution in [0.2, 0.25) is 0 Å². The van der Waals surface area contributed by atoms with E-state index >= 15 is 0 Å². The summed E-state index contributed by atoms with van der Waals surface area (Å²) in [4.78, 5) is 1.91. The van der Waals surface area contributed by atoms with E-state index in [-0.39, 0.29) is 25.0 Å². The van der Waals surface area contributed by atoms with E-state index in [9.17, 15) is 23.4 Å². The van der Waals surface area contributed by atoms with Crippen molar-refractivity contribution in [2.75, 3.05) is 26.2 Å². The molecule has 2 atom stereocenters. The molecule has 1 aliphatic rings. The molecule has 0 aliphatic carbocycles. The first-order valence-corrected chi connectivity index (χ1v) is 7.28. The number of halogens is 3. The highest BCUT2D eigenvalue weighted by atomic mass is 19.4. The fraction of sp³-hybridized carbons (Fsp3) is 1.00. The van der Waals surface area contributed by atoms with Gasteiger partial charge in [-0.3, -0.25) is 0 Å². The lowest BCUT2D eigenvalue weighted by atomic mass is 9.91. The summed E-state index contributed by atoms with van der Waals surface area (Å²) in [6.07, 6.45) is -6.88. The van der Waals surface area contributed by atoms with Gasteiger partial charge in [0.2, 0.25) is 0 Å². The highest BCUT2D eigenvalue weighted by Gasteiger charge is 2.44. The van der Waals surface area contributed by atoms with Gasteiger partial charge in [-0.1, -0.05) is 0 Å². The van der Waals surface area contributed by atoms with Gasteiger partial charge >= 0.3 is 6.18 Å². The second-order valence-electron chi connectivity index (χ2n) is 6.70. The minimum Gasteiger partial charge on any atom is -0.389 e. The first-order chi connectivity index (χ1) is 9.49. The predicted octanol–water partition coefficient (Wildman–Crippen LogP) is 1.80. The van der Waals surface area contributed by atoms with Crippen LogP contribution in [0.1, 0.15) is 33.6 Å². The van der Waals surface area contributed by atoms with Gasteiger partial charge in [0.15, 0.2) is 6.10 Å². The number of hydrogen-bond donors (Lipinski definition) is 2. The Morgan fingerprint density at radius 3 is 2.10 bits per heavy atom. The summed E-state index contributed by atoms with van der Waals surface area (Å²) >= 11 is 0. The van der Waals surface area contributed by atoms with E-state index in [4.69, 9.17) is 4.74 Å². The van der Waals surface area contributed by atoms with Crippen LogP contribution in [0.25, 0.3) is 0 Å². The van der Waals surface area contributed by atoms with Crippen molar-refractivity contribution in [2.45, 2.75) is 57.6 Å². The molecule has 0 saturated carbocycles. The van der Waals surface area contributed by atoms with E-state index in [1.165, 1.54) is 0 Å². The number of rotatable bonds is 5. The lowest BCUT2D eigenvalue weighted by Crippen LogP contribution is -2.46. The van der Waals surface area contributed by atoms with Crippen molar-refractivity contribution in [1.29, 1.82) is 0 Å². The highest BCUT2D eigenvalue weighted by Crippen LogP contribution is 2.31. The molecule has 0 aromatic rings. The van der Waals surface area contributed by atoms with Gasteiger partial charge in [-0.15, -0.1) is 0 Å². The maximum Gasteiger partial charge on any atom is 0.414 e. The lowest BCUT2D eigenvalue weighted by Gasteiger charge is -2.35. The van der Waals surface area contributed by atoms with E-state index in [0.717, 1.165) is 0 Å². The molecule has 1 aliphatic heterocycles. The monoisotopic (exact) mass is 313 g/mol. The first kappa shape index (κ1) is 18.7. The van der Waals surface area contributed by atoms with E-state index in [1.807, 2.05) is 25.7 Å². The van der Waals surface area contributed by atoms with Gasteiger partial charge in [-0.05, 0) is 52.6 Å². The Bertz CT molecular complexity index is 310. The number of aliphatic hydroxyl groups excluding tert-OH is 2. The second kappa shape index (κ2) is 7.26. The Morgan fingerprint density at radius 1 is 1.14 bits per heavy atom. The van der Waals surface area contributed by atoms with Gasteiger partial charge in [0.05, 0.1) is 18.3 Å². The molecule has 1 rings (SSSR count). The molecular weight excluding hydrogens is 287 g/mol. The van der Waals surface area contributed by atoms with Gasteiger partial charge in [0.1, 0.15) is 0 Å². The predicted molar refractivity (Wildman–Crippen MR) is 72.9 cm³/mol. The van der Waals surface area contributed by atoms with Gasteiger partial charge in [-0.25, -0.2) is 0 Å². The van der Waals surface area contributed by atoms with Gasteiger partial charge in [0, 0.05) is 6.54 Å². The lowest BCUT2D eigenvalue weighted by molar-refractivity contribution is -0.223. The van der Waals surface area contributed by atoms with Crippen LogP contribution in [0, 0.1) is 5.92 Å². The van der Waals surface area contributed by atoms with Crippen LogP contribution in [-0.2, 0) is 4.74 Å². The number of alkyl halides is 3. The third-order valence-electron chi connectivity index (χ3n) is 3.59. The Balaban J connectivity index is 2.30. The highest BCUT2D eigenvalue weighted by molar-refractivity contribution is 4.82. The van der Waals surface area contributed by atoms with E-state index < -0.39 is 24.3 Å². The number of likely N-dealkylation sites (tertiary alicyclic amines) is 1. The first-order valence-electron chi connectivity index (χ1n) is 7.28. The third kappa shape index (κ3) is 6.95. The van der Waals surface area contributed by atoms with Crippen molar-refractivity contribution in [1.82, 2.24) is 4.90 Å². The quantitative estimate of drug-likeness (QED) is 0.813. The molecule has 0 radical (unpaired) electrons. The van der Waals surface area contributed by atoms with E-state index in [2.05, 4.69) is 0 Å². The number of nitrogens with zero attached hydrogens (tertiary/aromatic N) is 1. The minimum absolute atomic E-state index is 0.203. The smallest absolute Gasteiger partial charge is 0.389 e. The van der Waals surface area contributed by atoms with Crippen molar-refractivity contribution >= 4 is 0 Å². The molecule has 126 valence electrons. The summed E-state index contributed by atoms with van der Waals surface area (Å²) in [5.74, 6) is -0.746. The normalized spacial score (nSPS) is 22.3. The number of piperidine rings is 1. The molecule has 0 spiro atoms. The Labute approximate surface area is 123 Å². The summed E-state index contributed by atoms with van der Waals surface area (Å²) in [6, 6.07) is 0. The Kier molecular flexibility index (Phi) is 6.46. The molecule has 1 heterocycles. The molecule has 7 heteroatoms. The molecule has 0 amide bonds. The van der Waals surface area contributed by atoms with Crippen LogP contribution in [-0.4, -0.2) is 65.3 Å². The molecule has 2 N–H and O–H groups in total. The van der Waals surface area contributed by atoms with Crippen molar-refractivity contribution in [3.63, 3.8) is 0 Å². The summed E-state index contributed by atoms with van der Waals surface area (Å²) in [7, 11) is 0. The molecule has 2 unspecified atom stereocenters. The fourth-order valence-electron chi connectivity index (χ4n) is 2.42. The maximum atomic E-state index is 12.4. The van der Waals surface area contributed by atoms with Crippen LogP contribution in [0.4, 0.5) is 13.2 Å². The van der Waals surface area contributed by atoms with Crippen LogP contribution < -0.4 is 0 Å². The number of hydrogen-bond acceptors (Lipinski definition) is 4. The fourth-order valence-corrected chi connectivity index (χ4v) is 2.42. The van der Waals surface area contributed by atoms with Gasteiger partial charge in [-0.2, -0.15) is 13.2 Å². The summed E-state index contributed by atoms with van der Waals surface area (Å²) in [5.41, 5.74) is -0.329. The molecule has 21 heavy (non-hydrogen) atoms. The Hall–Kier alpha value is -0.370. The molecule has 1 fully saturated rings. The van der Waals surface area contributed by atoms with E-state index in [0.29, 0.717) is 19.6 Å². The SMILES string of the molecule is CC(C)(C)OCC(O)CN1CCC(C(O)C(F)(F)F)CC1. The maximum absolute atomic E-state index is 12.4. The summed E-state index contributed by atoms with van der Waals surface area (Å²) < 4.78 is 42.8. The molecular formula is C14H26F3NO3. The average molecular weight is 313 g/mol. The third-order valence-corrected chi connectivity index (χ3v) is 3.59. The standard InChI is InChI=1S/C14H26F3NO3/c1-13(2,3)21-9-11(19)8-18-6-4-10(5-7-18)12(20)14(15,16)17/h10-12,19-20H,4-9H2,1-3H3. The van der Waals surface area contributed by atoms with Gasteiger partial charge < -0.3 is 19.8 Å². The molecule has 0 aromatic carbocycles. The number of aliphatic hydroxyl groups is 2. The van der Waals surface area contributed by atoms with E-state index in [1.54, 1.807) is 0 Å². The summed E-state index contributed by atoms with van der Waals surface area (Å²) in [6.45, 7) is 7.16. The topological polar surface area (TPSA) is 52.9 Å². The van der Waals surface area contributed by atoms with Crippen molar-refractivity contribution in [3.05, 3.63) is 0 Å². The van der Waals surface area contributed by atoms with Crippen molar-refractivity contribution in [2.24, 2.45) is 5.92 Å². The molecule has 1 saturated heterocycles. The molecule has 0 aromatic heterocycles. The van der Waals surface area contributed by atoms with Crippen molar-refractivity contribution < 1.29 is 28.1 Å². The summed E-state index contributed by atoms with van der Waals surface area (Å²) in [5, 5.41) is 19.1. The number of β-amino-alcohol motifs (C(OH)–C–C–N with tert-alkyl or cyclic N) is 1. The molecule has 0 bridgehead atoms. The average Bonchev–Trinajstić information content (AvgIpc) is 2.34.